The molecule has 0 unspecified atom stereocenters. The van der Waals surface area contributed by atoms with Crippen LogP contribution in [-0.4, -0.2) is 121 Å². The topological polar surface area (TPSA) is 285 Å². The molecule has 1 aliphatic rings. The van der Waals surface area contributed by atoms with Crippen molar-refractivity contribution in [3.8, 4) is 23.0 Å². The lowest BCUT2D eigenvalue weighted by molar-refractivity contribution is -0.131. The summed E-state index contributed by atoms with van der Waals surface area (Å²) in [6, 6.07) is 46.9. The van der Waals surface area contributed by atoms with Gasteiger partial charge in [0.15, 0.2) is 0 Å². The number of nitrogens with zero attached hydrogens (tertiary/aromatic N) is 10. The molecule has 0 N–H and O–H groups in total. The quantitative estimate of drug-likeness (QED) is 0.0412. The maximum absolute atomic E-state index is 15.6. The third kappa shape index (κ3) is 20.3. The molecule has 604 valence electrons. The van der Waals surface area contributed by atoms with Gasteiger partial charge in [-0.2, -0.15) is 54.1 Å². The number of hydrogen-bond donors (Lipinski definition) is 0. The van der Waals surface area contributed by atoms with Gasteiger partial charge in [-0.25, -0.2) is 0 Å². The van der Waals surface area contributed by atoms with Gasteiger partial charge < -0.3 is 26.5 Å². The molecule has 0 atom stereocenters. The van der Waals surface area contributed by atoms with Gasteiger partial charge in [-0.05, 0) is 188 Å². The maximum atomic E-state index is 15.6. The molecule has 0 saturated heterocycles. The van der Waals surface area contributed by atoms with Gasteiger partial charge in [0.25, 0.3) is 0 Å². The van der Waals surface area contributed by atoms with Crippen LogP contribution in [-0.2, 0) is 115 Å². The highest BCUT2D eigenvalue weighted by Crippen LogP contribution is 2.43. The molecular formula is C84H82Br4N10O14S4. The minimum absolute atomic E-state index is 0.0896. The lowest BCUT2D eigenvalue weighted by Crippen LogP contribution is -2.38. The van der Waals surface area contributed by atoms with E-state index in [1.807, 2.05) is 98.4 Å². The number of para-hydroxylation sites is 2. The van der Waals surface area contributed by atoms with E-state index in [4.69, 9.17) is 37.1 Å². The Hall–Kier alpha value is -9.54. The molecule has 8 bridgehead atoms. The van der Waals surface area contributed by atoms with Crippen LogP contribution in [0.2, 0.25) is 0 Å². The molecular weight excluding hydrogens is 1820 g/mol. The first kappa shape index (κ1) is 84.4. The van der Waals surface area contributed by atoms with Crippen LogP contribution in [0.3, 0.4) is 0 Å². The summed E-state index contributed by atoms with van der Waals surface area (Å²) in [4.78, 5) is 33.6. The van der Waals surface area contributed by atoms with Crippen molar-refractivity contribution in [2.45, 2.75) is 140 Å². The third-order valence-electron chi connectivity index (χ3n) is 19.8. The van der Waals surface area contributed by atoms with Gasteiger partial charge in [-0.1, -0.05) is 124 Å². The third-order valence-corrected chi connectivity index (χ3v) is 26.9. The fourth-order valence-corrected chi connectivity index (χ4v) is 19.3. The first-order chi connectivity index (χ1) is 55.1. The Morgan fingerprint density at radius 3 is 0.724 bits per heavy atom. The maximum Gasteiger partial charge on any atom is 0.339 e. The number of carbonyl (C=O) groups excluding carboxylic acids is 2. The number of benzene rings is 8. The average molecular weight is 1900 g/mol. The second-order valence-corrected chi connectivity index (χ2v) is 38.5. The number of fused-ring (bicyclic) bond motifs is 8. The summed E-state index contributed by atoms with van der Waals surface area (Å²) in [6.45, 7) is 17.3. The first-order valence-electron chi connectivity index (χ1n) is 37.0. The number of halogens is 4. The Bertz CT molecular complexity index is 5650. The SMILES string of the molecule is Cc1cc(C)n(CCN(CCn2nc(C)cc2C)C(=O)Cc2cc3c(OS(=O)(=O)c4ccc(Br)cc4)c(c2)Cc2cccc(c2OS(=O)(=O)c2ccc(Br)cc2)Cc2cc(CC(=O)N(CCn4nc(C)cc4C)CCn4nc(C)cc4C)cc(c2OS(=O)(=O)c2ccc(Br)cc2)Cc2cccc(c2OS(=O)(=O)c2ccc(Br)cc2)C3)n1. The van der Waals surface area contributed by atoms with E-state index < -0.39 is 66.2 Å². The van der Waals surface area contributed by atoms with Crippen molar-refractivity contribution in [2.24, 2.45) is 0 Å². The Labute approximate surface area is 708 Å². The summed E-state index contributed by atoms with van der Waals surface area (Å²) in [5.74, 6) is -1.78. The minimum Gasteiger partial charge on any atom is -0.378 e. The fourth-order valence-electron chi connectivity index (χ4n) is 14.3. The number of carbonyl (C=O) groups is 2. The summed E-state index contributed by atoms with van der Waals surface area (Å²) in [5, 5.41) is 18.8. The van der Waals surface area contributed by atoms with E-state index in [2.05, 4.69) is 63.7 Å². The highest BCUT2D eigenvalue weighted by molar-refractivity contribution is 9.11. The van der Waals surface area contributed by atoms with Gasteiger partial charge in [0.2, 0.25) is 11.8 Å². The molecule has 0 fully saturated rings. The van der Waals surface area contributed by atoms with Crippen molar-refractivity contribution >= 4 is 116 Å². The largest absolute Gasteiger partial charge is 0.378 e. The second-order valence-electron chi connectivity index (χ2n) is 28.7. The van der Waals surface area contributed by atoms with Crippen molar-refractivity contribution in [3.63, 3.8) is 0 Å². The van der Waals surface area contributed by atoms with E-state index in [9.17, 15) is 0 Å². The number of amides is 2. The highest BCUT2D eigenvalue weighted by atomic mass is 79.9. The van der Waals surface area contributed by atoms with Crippen molar-refractivity contribution < 1.29 is 60.0 Å². The van der Waals surface area contributed by atoms with E-state index in [0.717, 1.165) is 45.6 Å². The number of hydrogen-bond acceptors (Lipinski definition) is 18. The van der Waals surface area contributed by atoms with Crippen molar-refractivity contribution in [1.82, 2.24) is 48.9 Å². The summed E-state index contributed by atoms with van der Waals surface area (Å²) in [7, 11) is -19.4. The van der Waals surface area contributed by atoms with E-state index in [-0.39, 0.29) is 138 Å². The molecule has 32 heteroatoms. The Kier molecular flexibility index (Phi) is 25.7. The Balaban J connectivity index is 1.05. The van der Waals surface area contributed by atoms with Crippen LogP contribution in [0.5, 0.6) is 23.0 Å². The van der Waals surface area contributed by atoms with Crippen LogP contribution in [0.1, 0.15) is 101 Å². The molecule has 4 heterocycles. The fraction of sp³-hybridized carbons (Fsp3) is 0.262. The van der Waals surface area contributed by atoms with Crippen LogP contribution in [0.15, 0.2) is 219 Å². The van der Waals surface area contributed by atoms with Gasteiger partial charge in [0, 0.05) is 137 Å². The van der Waals surface area contributed by atoms with Gasteiger partial charge in [-0.15, -0.1) is 0 Å². The summed E-state index contributed by atoms with van der Waals surface area (Å²) >= 11 is 13.7. The number of aryl methyl sites for hydroxylation is 8. The molecule has 13 rings (SSSR count). The van der Waals surface area contributed by atoms with Crippen LogP contribution in [0, 0.1) is 55.4 Å². The molecule has 0 aliphatic heterocycles. The molecule has 2 amide bonds. The zero-order valence-corrected chi connectivity index (χ0v) is 74.2. The monoisotopic (exact) mass is 1900 g/mol. The van der Waals surface area contributed by atoms with Crippen LogP contribution >= 0.6 is 63.7 Å². The van der Waals surface area contributed by atoms with Gasteiger partial charge in [0.1, 0.15) is 42.6 Å². The summed E-state index contributed by atoms with van der Waals surface area (Å²) in [6.07, 6.45) is -2.27. The van der Waals surface area contributed by atoms with E-state index in [1.54, 1.807) is 70.5 Å². The van der Waals surface area contributed by atoms with Gasteiger partial charge >= 0.3 is 40.5 Å². The van der Waals surface area contributed by atoms with Crippen LogP contribution < -0.4 is 16.7 Å². The van der Waals surface area contributed by atoms with Crippen LogP contribution in [0.4, 0.5) is 0 Å². The zero-order chi connectivity index (χ0) is 82.7. The molecule has 4 aromatic heterocycles. The van der Waals surface area contributed by atoms with Crippen molar-refractivity contribution in [1.29, 1.82) is 0 Å². The smallest absolute Gasteiger partial charge is 0.339 e. The van der Waals surface area contributed by atoms with Crippen LogP contribution in [0.25, 0.3) is 0 Å². The number of rotatable bonds is 28. The Morgan fingerprint density at radius 2 is 0.526 bits per heavy atom. The lowest BCUT2D eigenvalue weighted by Gasteiger charge is -2.25. The standard InChI is InChI=1S/C84H82Br4N10O14S4/c1-53-39-57(5)95(89-53)35-31-93(32-36-96-58(6)40-54(2)90-96)79(99)47-61-43-67-49-63-11-9-13-65(81(63)109-113(101,102)75-23-15-71(85)16-24-75)51-69-45-62(48-80(100)94(33-37-97-59(7)41-55(3)91-97)34-38-98-60(8)42-56(4)92-98)46-70(84(69)112-116(107,108)78-29-21-74(88)22-30-78)52-66-14-10-12-64(82(66)110-114(103,104)76-25-17-72(86)18-26-76)50-68(44-61)83(67)111-115(105,106)77-27-19-73(87)20-28-77/h9-30,39-46H,31-38,47-52H2,1-8H3. The average Bonchev–Trinajstić information content (AvgIpc) is 1.06. The zero-order valence-electron chi connectivity index (χ0n) is 64.6. The molecule has 8 aromatic carbocycles. The molecule has 12 aromatic rings. The molecule has 24 nitrogen and oxygen atoms in total. The predicted molar refractivity (Wildman–Crippen MR) is 452 cm³/mol. The highest BCUT2D eigenvalue weighted by Gasteiger charge is 2.33. The van der Waals surface area contributed by atoms with E-state index in [0.29, 0.717) is 55.2 Å². The van der Waals surface area contributed by atoms with Gasteiger partial charge in [0.05, 0.1) is 61.8 Å². The van der Waals surface area contributed by atoms with E-state index >= 15 is 43.3 Å². The summed E-state index contributed by atoms with van der Waals surface area (Å²) < 4.78 is 158. The Morgan fingerprint density at radius 1 is 0.319 bits per heavy atom. The molecule has 1 aliphatic carbocycles. The van der Waals surface area contributed by atoms with Gasteiger partial charge in [-0.3, -0.25) is 28.3 Å². The second kappa shape index (κ2) is 35.3. The summed E-state index contributed by atoms with van der Waals surface area (Å²) in [5.41, 5.74) is 8.22. The molecule has 0 saturated carbocycles. The predicted octanol–water partition coefficient (Wildman–Crippen LogP) is 15.3. The van der Waals surface area contributed by atoms with Crippen molar-refractivity contribution in [3.05, 3.63) is 301 Å². The molecule has 0 spiro atoms. The van der Waals surface area contributed by atoms with E-state index in [1.165, 1.54) is 97.1 Å². The molecule has 0 radical (unpaired) electrons. The normalized spacial score (nSPS) is 12.5. The van der Waals surface area contributed by atoms with Crippen molar-refractivity contribution in [2.75, 3.05) is 26.2 Å². The minimum atomic E-state index is -4.86. The lowest BCUT2D eigenvalue weighted by atomic mass is 9.89. The first-order valence-corrected chi connectivity index (χ1v) is 45.8. The number of aromatic nitrogens is 8. The molecule has 116 heavy (non-hydrogen) atoms.